The third kappa shape index (κ3) is 20.5. The lowest BCUT2D eigenvalue weighted by Crippen LogP contribution is -2.32. The number of nitrogens with two attached hydrogens (primary N) is 1. The van der Waals surface area contributed by atoms with Crippen molar-refractivity contribution < 1.29 is 9.53 Å². The van der Waals surface area contributed by atoms with Crippen molar-refractivity contribution in [2.75, 3.05) is 0 Å². The van der Waals surface area contributed by atoms with Crippen LogP contribution in [-0.2, 0) is 9.53 Å². The third-order valence-corrected chi connectivity index (χ3v) is 5.91. The summed E-state index contributed by atoms with van der Waals surface area (Å²) in [5.74, 6) is -0.234. The first-order chi connectivity index (χ1) is 14.1. The lowest BCUT2D eigenvalue weighted by atomic mass is 10.0. The Bertz CT molecular complexity index is 322. The van der Waals surface area contributed by atoms with E-state index in [1.54, 1.807) is 6.92 Å². The van der Waals surface area contributed by atoms with Gasteiger partial charge >= 0.3 is 5.97 Å². The second-order valence-corrected chi connectivity index (χ2v) is 9.08. The molecule has 0 rings (SSSR count). The number of hydrogen-bond donors (Lipinski definition) is 1. The number of esters is 1. The first-order valence-electron chi connectivity index (χ1n) is 13.1. The second-order valence-electron chi connectivity index (χ2n) is 9.08. The highest BCUT2D eigenvalue weighted by molar-refractivity contribution is 5.75. The van der Waals surface area contributed by atoms with Crippen molar-refractivity contribution in [2.24, 2.45) is 5.73 Å². The number of rotatable bonds is 22. The number of unbranched alkanes of at least 4 members (excludes halogenated alkanes) is 16. The molecule has 0 aliphatic carbocycles. The first-order valence-corrected chi connectivity index (χ1v) is 13.1. The Morgan fingerprint density at radius 3 is 1.24 bits per heavy atom. The topological polar surface area (TPSA) is 52.3 Å². The molecule has 0 aliphatic heterocycles. The van der Waals surface area contributed by atoms with E-state index in [9.17, 15) is 4.79 Å². The Labute approximate surface area is 182 Å². The number of ether oxygens (including phenoxy) is 1. The molecule has 0 unspecified atom stereocenters. The zero-order chi connectivity index (χ0) is 21.6. The summed E-state index contributed by atoms with van der Waals surface area (Å²) in [6.45, 7) is 6.25. The van der Waals surface area contributed by atoms with Gasteiger partial charge in [-0.15, -0.1) is 0 Å². The smallest absolute Gasteiger partial charge is 0.322 e. The van der Waals surface area contributed by atoms with Crippen LogP contribution < -0.4 is 5.73 Å². The number of carbonyl (C=O) groups is 1. The summed E-state index contributed by atoms with van der Waals surface area (Å²) in [6.07, 6.45) is 26.0. The van der Waals surface area contributed by atoms with Gasteiger partial charge in [-0.2, -0.15) is 0 Å². The van der Waals surface area contributed by atoms with E-state index in [0.29, 0.717) is 0 Å². The molecule has 3 nitrogen and oxygen atoms in total. The van der Waals surface area contributed by atoms with Crippen LogP contribution in [0.2, 0.25) is 0 Å². The van der Waals surface area contributed by atoms with Crippen LogP contribution in [0, 0.1) is 0 Å². The predicted molar refractivity (Wildman–Crippen MR) is 127 cm³/mol. The van der Waals surface area contributed by atoms with E-state index in [-0.39, 0.29) is 12.1 Å². The van der Waals surface area contributed by atoms with Gasteiger partial charge in [0.2, 0.25) is 0 Å². The molecule has 2 N–H and O–H groups in total. The average Bonchev–Trinajstić information content (AvgIpc) is 2.70. The molecule has 0 amide bonds. The van der Waals surface area contributed by atoms with Gasteiger partial charge in [-0.25, -0.2) is 0 Å². The van der Waals surface area contributed by atoms with Gasteiger partial charge in [0, 0.05) is 0 Å². The summed E-state index contributed by atoms with van der Waals surface area (Å²) in [6, 6.07) is -0.510. The van der Waals surface area contributed by atoms with Gasteiger partial charge in [0.25, 0.3) is 0 Å². The molecule has 0 aliphatic rings. The normalized spacial score (nSPS) is 12.4. The van der Waals surface area contributed by atoms with Gasteiger partial charge in [0.1, 0.15) is 12.1 Å². The Morgan fingerprint density at radius 1 is 0.621 bits per heavy atom. The van der Waals surface area contributed by atoms with Gasteiger partial charge in [0.05, 0.1) is 0 Å². The zero-order valence-electron chi connectivity index (χ0n) is 20.2. The molecule has 0 fully saturated rings. The molecule has 0 aromatic carbocycles. The van der Waals surface area contributed by atoms with Crippen LogP contribution in [-0.4, -0.2) is 18.1 Å². The standard InChI is InChI=1S/C26H53NO2/c1-4-6-8-10-12-14-16-18-20-22-25(29-26(28)24(3)27)23-21-19-17-15-13-11-9-7-5-2/h24-25H,4-23,27H2,1-3H3/t24-/m0/s1. The summed E-state index contributed by atoms with van der Waals surface area (Å²) in [5, 5.41) is 0. The van der Waals surface area contributed by atoms with E-state index in [1.807, 2.05) is 0 Å². The first kappa shape index (κ1) is 28.4. The van der Waals surface area contributed by atoms with Crippen LogP contribution in [0.5, 0.6) is 0 Å². The number of carbonyl (C=O) groups excluding carboxylic acids is 1. The van der Waals surface area contributed by atoms with E-state index in [4.69, 9.17) is 10.5 Å². The van der Waals surface area contributed by atoms with Gasteiger partial charge in [-0.1, -0.05) is 117 Å². The van der Waals surface area contributed by atoms with E-state index in [0.717, 1.165) is 12.8 Å². The van der Waals surface area contributed by atoms with E-state index in [1.165, 1.54) is 116 Å². The Balaban J connectivity index is 3.83. The van der Waals surface area contributed by atoms with Gasteiger partial charge in [0.15, 0.2) is 0 Å². The molecule has 0 radical (unpaired) electrons. The lowest BCUT2D eigenvalue weighted by Gasteiger charge is -2.19. The van der Waals surface area contributed by atoms with Crippen LogP contribution in [0.1, 0.15) is 149 Å². The van der Waals surface area contributed by atoms with Crippen molar-refractivity contribution in [1.82, 2.24) is 0 Å². The second kappa shape index (κ2) is 22.1. The SMILES string of the molecule is CCCCCCCCCCCC(CCCCCCCCCCC)OC(=O)[C@H](C)N. The highest BCUT2D eigenvalue weighted by atomic mass is 16.5. The van der Waals surface area contributed by atoms with Crippen molar-refractivity contribution in [1.29, 1.82) is 0 Å². The van der Waals surface area contributed by atoms with Crippen molar-refractivity contribution in [3.63, 3.8) is 0 Å². The van der Waals surface area contributed by atoms with Crippen molar-refractivity contribution in [3.05, 3.63) is 0 Å². The summed E-state index contributed by atoms with van der Waals surface area (Å²) < 4.78 is 5.69. The van der Waals surface area contributed by atoms with Crippen LogP contribution in [0.25, 0.3) is 0 Å². The average molecular weight is 412 g/mol. The Kier molecular flexibility index (Phi) is 21.7. The molecule has 174 valence electrons. The lowest BCUT2D eigenvalue weighted by molar-refractivity contribution is -0.151. The van der Waals surface area contributed by atoms with Crippen LogP contribution in [0.4, 0.5) is 0 Å². The van der Waals surface area contributed by atoms with Crippen molar-refractivity contribution >= 4 is 5.97 Å². The minimum absolute atomic E-state index is 0.0719. The maximum atomic E-state index is 11.9. The minimum atomic E-state index is -0.510. The summed E-state index contributed by atoms with van der Waals surface area (Å²) in [4.78, 5) is 11.9. The molecule has 29 heavy (non-hydrogen) atoms. The summed E-state index contributed by atoms with van der Waals surface area (Å²) >= 11 is 0. The molecule has 0 spiro atoms. The largest absolute Gasteiger partial charge is 0.461 e. The highest BCUT2D eigenvalue weighted by Crippen LogP contribution is 2.18. The quantitative estimate of drug-likeness (QED) is 0.145. The summed E-state index contributed by atoms with van der Waals surface area (Å²) in [5.41, 5.74) is 5.70. The van der Waals surface area contributed by atoms with Crippen LogP contribution in [0.15, 0.2) is 0 Å². The predicted octanol–water partition coefficient (Wildman–Crippen LogP) is 8.09. The fourth-order valence-corrected chi connectivity index (χ4v) is 3.90. The minimum Gasteiger partial charge on any atom is -0.461 e. The van der Waals surface area contributed by atoms with Gasteiger partial charge < -0.3 is 10.5 Å². The Hall–Kier alpha value is -0.570. The van der Waals surface area contributed by atoms with E-state index >= 15 is 0 Å². The van der Waals surface area contributed by atoms with Crippen molar-refractivity contribution in [2.45, 2.75) is 161 Å². The number of hydrogen-bond acceptors (Lipinski definition) is 3. The molecule has 0 aromatic rings. The molecular weight excluding hydrogens is 358 g/mol. The fraction of sp³-hybridized carbons (Fsp3) is 0.962. The van der Waals surface area contributed by atoms with Gasteiger partial charge in [-0.3, -0.25) is 4.79 Å². The maximum absolute atomic E-state index is 11.9. The molecular formula is C26H53NO2. The molecule has 0 saturated carbocycles. The molecule has 1 atom stereocenters. The van der Waals surface area contributed by atoms with Crippen LogP contribution in [0.3, 0.4) is 0 Å². The Morgan fingerprint density at radius 2 is 0.931 bits per heavy atom. The monoisotopic (exact) mass is 411 g/mol. The molecule has 0 bridgehead atoms. The zero-order valence-corrected chi connectivity index (χ0v) is 20.2. The van der Waals surface area contributed by atoms with Gasteiger partial charge in [-0.05, 0) is 32.6 Å². The molecule has 0 saturated heterocycles. The summed E-state index contributed by atoms with van der Waals surface area (Å²) in [7, 11) is 0. The highest BCUT2D eigenvalue weighted by Gasteiger charge is 2.16. The molecule has 3 heteroatoms. The van der Waals surface area contributed by atoms with Crippen LogP contribution >= 0.6 is 0 Å². The molecule has 0 heterocycles. The van der Waals surface area contributed by atoms with E-state index in [2.05, 4.69) is 13.8 Å². The molecule has 0 aromatic heterocycles. The fourth-order valence-electron chi connectivity index (χ4n) is 3.90. The van der Waals surface area contributed by atoms with E-state index < -0.39 is 6.04 Å². The van der Waals surface area contributed by atoms with Crippen molar-refractivity contribution in [3.8, 4) is 0 Å². The third-order valence-electron chi connectivity index (χ3n) is 5.91. The maximum Gasteiger partial charge on any atom is 0.322 e.